The van der Waals surface area contributed by atoms with Crippen molar-refractivity contribution in [3.63, 3.8) is 0 Å². The number of nitrogens with one attached hydrogen (secondary N) is 1. The van der Waals surface area contributed by atoms with E-state index < -0.39 is 5.60 Å². The van der Waals surface area contributed by atoms with Gasteiger partial charge in [-0.1, -0.05) is 47.8 Å². The van der Waals surface area contributed by atoms with Crippen molar-refractivity contribution in [1.29, 1.82) is 0 Å². The zero-order valence-electron chi connectivity index (χ0n) is 12.1. The average Bonchev–Trinajstić information content (AvgIpc) is 3.10. The van der Waals surface area contributed by atoms with Gasteiger partial charge in [-0.3, -0.25) is 4.79 Å². The number of hydrogen-bond acceptors (Lipinski definition) is 3. The molecule has 0 saturated heterocycles. The first-order valence-corrected chi connectivity index (χ1v) is 7.77. The van der Waals surface area contributed by atoms with Gasteiger partial charge in [0.25, 0.3) is 5.91 Å². The normalized spacial score (nSPS) is 25.5. The molecule has 1 aromatic rings. The van der Waals surface area contributed by atoms with Gasteiger partial charge in [0.15, 0.2) is 0 Å². The molecule has 0 bridgehead atoms. The summed E-state index contributed by atoms with van der Waals surface area (Å²) < 4.78 is 0. The Morgan fingerprint density at radius 1 is 1.38 bits per heavy atom. The van der Waals surface area contributed by atoms with Crippen LogP contribution in [0.15, 0.2) is 29.4 Å². The van der Waals surface area contributed by atoms with E-state index >= 15 is 0 Å². The van der Waals surface area contributed by atoms with Crippen LogP contribution in [-0.2, 0) is 9.63 Å². The zero-order chi connectivity index (χ0) is 14.9. The van der Waals surface area contributed by atoms with Gasteiger partial charge in [0.05, 0.1) is 5.71 Å². The van der Waals surface area contributed by atoms with Crippen molar-refractivity contribution in [1.82, 2.24) is 5.32 Å². The third-order valence-electron chi connectivity index (χ3n) is 4.22. The SMILES string of the molecule is C[C@]1(C(=O)NC2CCCC2)CC(c2ccccc2Cl)=NO1. The number of halogens is 1. The average molecular weight is 307 g/mol. The highest BCUT2D eigenvalue weighted by atomic mass is 35.5. The molecule has 1 N–H and O–H groups in total. The fraction of sp³-hybridized carbons (Fsp3) is 0.500. The van der Waals surface area contributed by atoms with Crippen LogP contribution in [0, 0.1) is 0 Å². The number of rotatable bonds is 3. The molecule has 1 amide bonds. The fourth-order valence-corrected chi connectivity index (χ4v) is 3.15. The van der Waals surface area contributed by atoms with Crippen LogP contribution in [0.2, 0.25) is 5.02 Å². The highest BCUT2D eigenvalue weighted by Crippen LogP contribution is 2.30. The highest BCUT2D eigenvalue weighted by molar-refractivity contribution is 6.34. The molecule has 21 heavy (non-hydrogen) atoms. The summed E-state index contributed by atoms with van der Waals surface area (Å²) >= 11 is 6.18. The van der Waals surface area contributed by atoms with Gasteiger partial charge in [-0.05, 0) is 25.8 Å². The lowest BCUT2D eigenvalue weighted by Gasteiger charge is -2.23. The lowest BCUT2D eigenvalue weighted by Crippen LogP contribution is -2.48. The summed E-state index contributed by atoms with van der Waals surface area (Å²) in [5.41, 5.74) is 0.623. The first-order valence-electron chi connectivity index (χ1n) is 7.39. The minimum absolute atomic E-state index is 0.0831. The molecule has 112 valence electrons. The third kappa shape index (κ3) is 2.91. The van der Waals surface area contributed by atoms with E-state index in [1.165, 1.54) is 12.8 Å². The summed E-state index contributed by atoms with van der Waals surface area (Å²) in [6.45, 7) is 1.78. The van der Waals surface area contributed by atoms with Crippen molar-refractivity contribution in [3.05, 3.63) is 34.9 Å². The lowest BCUT2D eigenvalue weighted by molar-refractivity contribution is -0.142. The highest BCUT2D eigenvalue weighted by Gasteiger charge is 2.43. The second kappa shape index (κ2) is 5.68. The van der Waals surface area contributed by atoms with Crippen LogP contribution in [0.25, 0.3) is 0 Å². The molecule has 0 spiro atoms. The molecule has 5 heteroatoms. The van der Waals surface area contributed by atoms with Crippen molar-refractivity contribution in [3.8, 4) is 0 Å². The number of carbonyl (C=O) groups excluding carboxylic acids is 1. The lowest BCUT2D eigenvalue weighted by atomic mass is 9.94. The number of amides is 1. The summed E-state index contributed by atoms with van der Waals surface area (Å²) in [5.74, 6) is -0.0831. The largest absolute Gasteiger partial charge is 0.379 e. The molecule has 1 saturated carbocycles. The Morgan fingerprint density at radius 2 is 2.10 bits per heavy atom. The van der Waals surface area contributed by atoms with Crippen LogP contribution in [0.5, 0.6) is 0 Å². The van der Waals surface area contributed by atoms with Crippen LogP contribution < -0.4 is 5.32 Å². The third-order valence-corrected chi connectivity index (χ3v) is 4.55. The molecule has 0 unspecified atom stereocenters. The van der Waals surface area contributed by atoms with Gasteiger partial charge < -0.3 is 10.2 Å². The van der Waals surface area contributed by atoms with Gasteiger partial charge in [-0.2, -0.15) is 0 Å². The van der Waals surface area contributed by atoms with E-state index in [4.69, 9.17) is 16.4 Å². The molecule has 2 aliphatic rings. The number of oxime groups is 1. The first-order chi connectivity index (χ1) is 10.1. The van der Waals surface area contributed by atoms with Crippen LogP contribution in [0.1, 0.15) is 44.6 Å². The van der Waals surface area contributed by atoms with Crippen LogP contribution in [0.3, 0.4) is 0 Å². The number of carbonyl (C=O) groups is 1. The summed E-state index contributed by atoms with van der Waals surface area (Å²) in [6.07, 6.45) is 4.92. The fourth-order valence-electron chi connectivity index (χ4n) is 2.91. The van der Waals surface area contributed by atoms with E-state index in [0.29, 0.717) is 11.4 Å². The van der Waals surface area contributed by atoms with E-state index in [1.54, 1.807) is 6.92 Å². The second-order valence-electron chi connectivity index (χ2n) is 5.97. The number of benzene rings is 1. The molecule has 1 aliphatic carbocycles. The Hall–Kier alpha value is -1.55. The number of hydrogen-bond donors (Lipinski definition) is 1. The second-order valence-corrected chi connectivity index (χ2v) is 6.38. The maximum Gasteiger partial charge on any atom is 0.267 e. The molecule has 1 fully saturated rings. The molecule has 4 nitrogen and oxygen atoms in total. The van der Waals surface area contributed by atoms with Crippen molar-refractivity contribution in [2.45, 2.75) is 50.7 Å². The monoisotopic (exact) mass is 306 g/mol. The summed E-state index contributed by atoms with van der Waals surface area (Å²) in [4.78, 5) is 17.9. The van der Waals surface area contributed by atoms with Gasteiger partial charge in [-0.25, -0.2) is 0 Å². The smallest absolute Gasteiger partial charge is 0.267 e. The summed E-state index contributed by atoms with van der Waals surface area (Å²) in [5, 5.41) is 7.79. The summed E-state index contributed by atoms with van der Waals surface area (Å²) in [7, 11) is 0. The number of nitrogens with zero attached hydrogens (tertiary/aromatic N) is 1. The molecular formula is C16H19ClN2O2. The van der Waals surface area contributed by atoms with Crippen molar-refractivity contribution < 1.29 is 9.63 Å². The minimum atomic E-state index is -0.933. The van der Waals surface area contributed by atoms with Crippen LogP contribution >= 0.6 is 11.6 Å². The van der Waals surface area contributed by atoms with E-state index in [0.717, 1.165) is 24.1 Å². The van der Waals surface area contributed by atoms with E-state index in [2.05, 4.69) is 10.5 Å². The molecule has 1 aliphatic heterocycles. The zero-order valence-corrected chi connectivity index (χ0v) is 12.8. The maximum atomic E-state index is 12.4. The molecule has 1 aromatic carbocycles. The molecular weight excluding hydrogens is 288 g/mol. The molecule has 0 radical (unpaired) electrons. The van der Waals surface area contributed by atoms with Gasteiger partial charge in [-0.15, -0.1) is 0 Å². The minimum Gasteiger partial charge on any atom is -0.379 e. The van der Waals surface area contributed by atoms with Crippen LogP contribution in [-0.4, -0.2) is 23.3 Å². The van der Waals surface area contributed by atoms with E-state index in [1.807, 2.05) is 24.3 Å². The van der Waals surface area contributed by atoms with Crippen molar-refractivity contribution >= 4 is 23.2 Å². The summed E-state index contributed by atoms with van der Waals surface area (Å²) in [6, 6.07) is 7.76. The molecule has 3 rings (SSSR count). The van der Waals surface area contributed by atoms with E-state index in [-0.39, 0.29) is 11.9 Å². The van der Waals surface area contributed by atoms with Crippen molar-refractivity contribution in [2.24, 2.45) is 5.16 Å². The molecule has 1 atom stereocenters. The Bertz CT molecular complexity index is 581. The topological polar surface area (TPSA) is 50.7 Å². The molecule has 1 heterocycles. The van der Waals surface area contributed by atoms with Gasteiger partial charge in [0, 0.05) is 23.0 Å². The Labute approximate surface area is 129 Å². The Kier molecular flexibility index (Phi) is 3.89. The maximum absolute atomic E-state index is 12.4. The van der Waals surface area contributed by atoms with Gasteiger partial charge >= 0.3 is 0 Å². The Balaban J connectivity index is 1.69. The van der Waals surface area contributed by atoms with Gasteiger partial charge in [0.2, 0.25) is 5.60 Å². The van der Waals surface area contributed by atoms with Crippen LogP contribution in [0.4, 0.5) is 0 Å². The van der Waals surface area contributed by atoms with Gasteiger partial charge in [0.1, 0.15) is 0 Å². The Morgan fingerprint density at radius 3 is 2.81 bits per heavy atom. The van der Waals surface area contributed by atoms with E-state index in [9.17, 15) is 4.79 Å². The van der Waals surface area contributed by atoms with Crippen molar-refractivity contribution in [2.75, 3.05) is 0 Å². The first kappa shape index (κ1) is 14.4. The quantitative estimate of drug-likeness (QED) is 0.931. The predicted molar refractivity (Wildman–Crippen MR) is 82.5 cm³/mol. The molecule has 0 aromatic heterocycles. The standard InChI is InChI=1S/C16H19ClN2O2/c1-16(15(20)18-11-6-2-3-7-11)10-14(19-21-16)12-8-4-5-9-13(12)17/h4-5,8-9,11H,2-3,6-7,10H2,1H3,(H,18,20)/t16-/m1/s1. The predicted octanol–water partition coefficient (Wildman–Crippen LogP) is 3.28.